The van der Waals surface area contributed by atoms with Gasteiger partial charge in [-0.1, -0.05) is 0 Å². The van der Waals surface area contributed by atoms with E-state index in [2.05, 4.69) is 28.9 Å². The fourth-order valence-electron chi connectivity index (χ4n) is 2.69. The normalized spacial score (nSPS) is 18.1. The molecule has 0 aromatic carbocycles. The third-order valence-electron chi connectivity index (χ3n) is 3.61. The van der Waals surface area contributed by atoms with Crippen molar-refractivity contribution in [1.82, 2.24) is 19.6 Å². The summed E-state index contributed by atoms with van der Waals surface area (Å²) in [5.41, 5.74) is 2.13. The van der Waals surface area contributed by atoms with Gasteiger partial charge in [0.1, 0.15) is 17.0 Å². The lowest BCUT2D eigenvalue weighted by Crippen LogP contribution is -2.31. The fraction of sp³-hybridized carbons (Fsp3) is 0.462. The fourth-order valence-corrected chi connectivity index (χ4v) is 3.83. The van der Waals surface area contributed by atoms with Crippen molar-refractivity contribution in [3.8, 4) is 0 Å². The molecule has 0 fully saturated rings. The first kappa shape index (κ1) is 11.3. The van der Waals surface area contributed by atoms with Crippen LogP contribution in [0.25, 0.3) is 15.9 Å². The Morgan fingerprint density at radius 2 is 2.26 bits per heavy atom. The Balaban J connectivity index is 2.12. The molecule has 0 N–H and O–H groups in total. The number of fused-ring (bicyclic) bond motifs is 5. The van der Waals surface area contributed by atoms with E-state index in [9.17, 15) is 0 Å². The smallest absolute Gasteiger partial charge is 0.167 e. The number of ether oxygens (including phenoxy) is 1. The van der Waals surface area contributed by atoms with Gasteiger partial charge < -0.3 is 4.74 Å². The molecule has 1 aliphatic heterocycles. The summed E-state index contributed by atoms with van der Waals surface area (Å²) in [5, 5.41) is 5.40. The molecule has 0 aliphatic carbocycles. The van der Waals surface area contributed by atoms with Crippen molar-refractivity contribution in [2.24, 2.45) is 0 Å². The SMILES string of the molecule is Cc1nc2sc3c(c2c2ncnn12)CC(C)(C)OC3. The first-order valence-corrected chi connectivity index (χ1v) is 7.11. The Morgan fingerprint density at radius 1 is 1.42 bits per heavy atom. The predicted octanol–water partition coefficient (Wildman–Crippen LogP) is 2.50. The summed E-state index contributed by atoms with van der Waals surface area (Å²) in [7, 11) is 0. The van der Waals surface area contributed by atoms with Crippen LogP contribution in [0.4, 0.5) is 0 Å². The van der Waals surface area contributed by atoms with E-state index in [0.717, 1.165) is 28.1 Å². The molecule has 0 spiro atoms. The van der Waals surface area contributed by atoms with Gasteiger partial charge in [-0.25, -0.2) is 9.97 Å². The van der Waals surface area contributed by atoms with Crippen LogP contribution in [0.5, 0.6) is 0 Å². The van der Waals surface area contributed by atoms with Crippen LogP contribution < -0.4 is 0 Å². The number of nitrogens with zero attached hydrogens (tertiary/aromatic N) is 4. The summed E-state index contributed by atoms with van der Waals surface area (Å²) in [4.78, 5) is 11.4. The summed E-state index contributed by atoms with van der Waals surface area (Å²) in [6, 6.07) is 0. The Morgan fingerprint density at radius 3 is 3.11 bits per heavy atom. The minimum absolute atomic E-state index is 0.122. The number of rotatable bonds is 0. The van der Waals surface area contributed by atoms with Crippen LogP contribution in [-0.2, 0) is 17.8 Å². The molecule has 0 amide bonds. The molecule has 4 heterocycles. The van der Waals surface area contributed by atoms with Crippen LogP contribution in [0.2, 0.25) is 0 Å². The summed E-state index contributed by atoms with van der Waals surface area (Å²) in [5.74, 6) is 0.874. The van der Waals surface area contributed by atoms with Crippen molar-refractivity contribution in [3.05, 3.63) is 22.6 Å². The van der Waals surface area contributed by atoms with Gasteiger partial charge in [-0.05, 0) is 26.3 Å². The average Bonchev–Trinajstić information content (AvgIpc) is 2.91. The monoisotopic (exact) mass is 274 g/mol. The molecule has 19 heavy (non-hydrogen) atoms. The maximum absolute atomic E-state index is 5.88. The molecule has 0 saturated carbocycles. The zero-order valence-corrected chi connectivity index (χ0v) is 11.9. The van der Waals surface area contributed by atoms with E-state index in [0.29, 0.717) is 6.61 Å². The highest BCUT2D eigenvalue weighted by molar-refractivity contribution is 7.19. The molecule has 0 bridgehead atoms. The van der Waals surface area contributed by atoms with Crippen molar-refractivity contribution in [2.75, 3.05) is 0 Å². The zero-order chi connectivity index (χ0) is 13.2. The van der Waals surface area contributed by atoms with Crippen LogP contribution in [0.3, 0.4) is 0 Å². The van der Waals surface area contributed by atoms with Gasteiger partial charge in [0, 0.05) is 11.3 Å². The lowest BCUT2D eigenvalue weighted by atomic mass is 9.94. The lowest BCUT2D eigenvalue weighted by molar-refractivity contribution is -0.0379. The van der Waals surface area contributed by atoms with Gasteiger partial charge in [0.05, 0.1) is 17.6 Å². The number of thiophene rings is 1. The standard InChI is InChI=1S/C13H14N4OS/c1-7-16-12-10(11-14-6-15-17(7)11)8-4-13(2,3)18-5-9(8)19-12/h6H,4-5H2,1-3H3. The quantitative estimate of drug-likeness (QED) is 0.632. The third kappa shape index (κ3) is 1.53. The second kappa shape index (κ2) is 3.52. The van der Waals surface area contributed by atoms with Gasteiger partial charge in [0.15, 0.2) is 5.65 Å². The van der Waals surface area contributed by atoms with E-state index in [1.54, 1.807) is 17.7 Å². The minimum Gasteiger partial charge on any atom is -0.370 e. The Hall–Kier alpha value is -1.53. The van der Waals surface area contributed by atoms with E-state index in [1.165, 1.54) is 10.4 Å². The first-order chi connectivity index (χ1) is 9.05. The molecule has 6 heteroatoms. The van der Waals surface area contributed by atoms with Crippen LogP contribution in [0.15, 0.2) is 6.33 Å². The van der Waals surface area contributed by atoms with E-state index >= 15 is 0 Å². The minimum atomic E-state index is -0.122. The maximum atomic E-state index is 5.88. The topological polar surface area (TPSA) is 52.3 Å². The number of hydrogen-bond donors (Lipinski definition) is 0. The second-order valence-electron chi connectivity index (χ2n) is 5.56. The van der Waals surface area contributed by atoms with Gasteiger partial charge in [-0.3, -0.25) is 0 Å². The molecule has 1 aliphatic rings. The number of aromatic nitrogens is 4. The molecule has 5 nitrogen and oxygen atoms in total. The predicted molar refractivity (Wildman–Crippen MR) is 73.5 cm³/mol. The maximum Gasteiger partial charge on any atom is 0.167 e. The molecule has 98 valence electrons. The molecule has 0 saturated heterocycles. The molecule has 0 unspecified atom stereocenters. The van der Waals surface area contributed by atoms with Crippen molar-refractivity contribution in [1.29, 1.82) is 0 Å². The van der Waals surface area contributed by atoms with Crippen molar-refractivity contribution < 1.29 is 4.74 Å². The number of aryl methyl sites for hydroxylation is 1. The van der Waals surface area contributed by atoms with Crippen molar-refractivity contribution in [3.63, 3.8) is 0 Å². The van der Waals surface area contributed by atoms with Crippen molar-refractivity contribution in [2.45, 2.75) is 39.4 Å². The molecule has 0 atom stereocenters. The average molecular weight is 274 g/mol. The van der Waals surface area contributed by atoms with Gasteiger partial charge in [-0.2, -0.15) is 9.61 Å². The Labute approximate surface area is 114 Å². The Kier molecular flexibility index (Phi) is 2.09. The third-order valence-corrected chi connectivity index (χ3v) is 4.71. The largest absolute Gasteiger partial charge is 0.370 e. The van der Waals surface area contributed by atoms with E-state index in [-0.39, 0.29) is 5.60 Å². The van der Waals surface area contributed by atoms with Crippen LogP contribution in [-0.4, -0.2) is 25.2 Å². The van der Waals surface area contributed by atoms with Crippen LogP contribution in [0, 0.1) is 6.92 Å². The van der Waals surface area contributed by atoms with Gasteiger partial charge in [0.25, 0.3) is 0 Å². The highest BCUT2D eigenvalue weighted by Crippen LogP contribution is 2.39. The van der Waals surface area contributed by atoms with Crippen LogP contribution >= 0.6 is 11.3 Å². The molecule has 4 rings (SSSR count). The summed E-state index contributed by atoms with van der Waals surface area (Å²) >= 11 is 1.72. The molecule has 3 aromatic heterocycles. The highest BCUT2D eigenvalue weighted by atomic mass is 32.1. The van der Waals surface area contributed by atoms with E-state index in [1.807, 2.05) is 11.4 Å². The van der Waals surface area contributed by atoms with Gasteiger partial charge in [0.2, 0.25) is 0 Å². The number of hydrogen-bond acceptors (Lipinski definition) is 5. The van der Waals surface area contributed by atoms with E-state index in [4.69, 9.17) is 4.74 Å². The van der Waals surface area contributed by atoms with Crippen molar-refractivity contribution >= 4 is 27.2 Å². The highest BCUT2D eigenvalue weighted by Gasteiger charge is 2.30. The Bertz CT molecular complexity index is 802. The molecule has 0 radical (unpaired) electrons. The zero-order valence-electron chi connectivity index (χ0n) is 11.1. The second-order valence-corrected chi connectivity index (χ2v) is 6.65. The molecular weight excluding hydrogens is 260 g/mol. The summed E-state index contributed by atoms with van der Waals surface area (Å²) < 4.78 is 7.70. The van der Waals surface area contributed by atoms with Gasteiger partial charge >= 0.3 is 0 Å². The van der Waals surface area contributed by atoms with E-state index < -0.39 is 0 Å². The lowest BCUT2D eigenvalue weighted by Gasteiger charge is -2.30. The molecule has 3 aromatic rings. The summed E-state index contributed by atoms with van der Waals surface area (Å²) in [6.45, 7) is 6.88. The first-order valence-electron chi connectivity index (χ1n) is 6.30. The van der Waals surface area contributed by atoms with Gasteiger partial charge in [-0.15, -0.1) is 11.3 Å². The van der Waals surface area contributed by atoms with Crippen LogP contribution in [0.1, 0.15) is 30.1 Å². The molecular formula is C13H14N4OS. The summed E-state index contributed by atoms with van der Waals surface area (Å²) in [6.07, 6.45) is 2.49.